The van der Waals surface area contributed by atoms with Crippen molar-refractivity contribution >= 4 is 5.97 Å². The summed E-state index contributed by atoms with van der Waals surface area (Å²) in [6.45, 7) is 10.3. The van der Waals surface area contributed by atoms with Crippen LogP contribution < -0.4 is 0 Å². The van der Waals surface area contributed by atoms with Crippen LogP contribution in [0.5, 0.6) is 0 Å². The molecule has 0 aromatic carbocycles. The van der Waals surface area contributed by atoms with Gasteiger partial charge in [0.05, 0.1) is 5.41 Å². The molecule has 18 heavy (non-hydrogen) atoms. The summed E-state index contributed by atoms with van der Waals surface area (Å²) in [4.78, 5) is 12.4. The fourth-order valence-corrected chi connectivity index (χ4v) is 2.78. The second-order valence-corrected chi connectivity index (χ2v) is 6.60. The van der Waals surface area contributed by atoms with Gasteiger partial charge in [0.1, 0.15) is 5.60 Å². The van der Waals surface area contributed by atoms with Crippen LogP contribution in [-0.4, -0.2) is 11.6 Å². The highest BCUT2D eigenvalue weighted by atomic mass is 16.6. The van der Waals surface area contributed by atoms with Crippen molar-refractivity contribution in [2.45, 2.75) is 85.2 Å². The standard InChI is InChI=1S/C16H30O2/c1-6-16(5,7-2)14(17)18-15(3,4)13-11-9-8-10-12-13/h13H,6-12H2,1-5H3. The molecule has 1 saturated carbocycles. The number of hydrogen-bond donors (Lipinski definition) is 0. The lowest BCUT2D eigenvalue weighted by molar-refractivity contribution is -0.175. The van der Waals surface area contributed by atoms with E-state index in [2.05, 4.69) is 27.7 Å². The molecule has 0 heterocycles. The maximum atomic E-state index is 12.4. The van der Waals surface area contributed by atoms with E-state index in [9.17, 15) is 4.79 Å². The molecule has 0 N–H and O–H groups in total. The molecule has 0 spiro atoms. The molecule has 0 unspecified atom stereocenters. The molecule has 0 aromatic rings. The van der Waals surface area contributed by atoms with Crippen LogP contribution in [0.4, 0.5) is 0 Å². The Labute approximate surface area is 112 Å². The maximum Gasteiger partial charge on any atom is 0.312 e. The van der Waals surface area contributed by atoms with E-state index < -0.39 is 0 Å². The Morgan fingerprint density at radius 2 is 1.56 bits per heavy atom. The molecule has 2 heteroatoms. The van der Waals surface area contributed by atoms with Gasteiger partial charge in [0.25, 0.3) is 0 Å². The van der Waals surface area contributed by atoms with Gasteiger partial charge in [-0.2, -0.15) is 0 Å². The van der Waals surface area contributed by atoms with Gasteiger partial charge in [0.2, 0.25) is 0 Å². The minimum Gasteiger partial charge on any atom is -0.459 e. The highest BCUT2D eigenvalue weighted by Gasteiger charge is 2.39. The van der Waals surface area contributed by atoms with Gasteiger partial charge in [-0.1, -0.05) is 33.1 Å². The lowest BCUT2D eigenvalue weighted by Gasteiger charge is -2.39. The van der Waals surface area contributed by atoms with Gasteiger partial charge in [-0.25, -0.2) is 0 Å². The van der Waals surface area contributed by atoms with E-state index >= 15 is 0 Å². The summed E-state index contributed by atoms with van der Waals surface area (Å²) < 4.78 is 5.89. The Morgan fingerprint density at radius 3 is 2.00 bits per heavy atom. The summed E-state index contributed by atoms with van der Waals surface area (Å²) in [6, 6.07) is 0. The third-order valence-electron chi connectivity index (χ3n) is 5.00. The summed E-state index contributed by atoms with van der Waals surface area (Å²) in [5, 5.41) is 0. The van der Waals surface area contributed by atoms with Crippen LogP contribution >= 0.6 is 0 Å². The molecule has 0 bridgehead atoms. The average Bonchev–Trinajstić information content (AvgIpc) is 2.38. The van der Waals surface area contributed by atoms with Crippen LogP contribution in [0.3, 0.4) is 0 Å². The Bertz CT molecular complexity index is 271. The van der Waals surface area contributed by atoms with E-state index in [-0.39, 0.29) is 17.0 Å². The molecule has 0 aliphatic heterocycles. The second kappa shape index (κ2) is 6.08. The number of rotatable bonds is 5. The van der Waals surface area contributed by atoms with Gasteiger partial charge in [0, 0.05) is 0 Å². The maximum absolute atomic E-state index is 12.4. The molecule has 1 aliphatic rings. The first kappa shape index (κ1) is 15.5. The number of ether oxygens (including phenoxy) is 1. The highest BCUT2D eigenvalue weighted by Crippen LogP contribution is 2.37. The zero-order chi connectivity index (χ0) is 13.8. The fraction of sp³-hybridized carbons (Fsp3) is 0.938. The van der Waals surface area contributed by atoms with Crippen molar-refractivity contribution in [2.24, 2.45) is 11.3 Å². The molecular formula is C16H30O2. The normalized spacial score (nSPS) is 18.7. The lowest BCUT2D eigenvalue weighted by Crippen LogP contribution is -2.42. The van der Waals surface area contributed by atoms with Crippen molar-refractivity contribution in [2.75, 3.05) is 0 Å². The van der Waals surface area contributed by atoms with Gasteiger partial charge < -0.3 is 4.74 Å². The molecule has 1 fully saturated rings. The van der Waals surface area contributed by atoms with E-state index in [4.69, 9.17) is 4.74 Å². The van der Waals surface area contributed by atoms with Crippen LogP contribution in [0.15, 0.2) is 0 Å². The molecule has 1 rings (SSSR count). The molecular weight excluding hydrogens is 224 g/mol. The van der Waals surface area contributed by atoms with Crippen molar-refractivity contribution in [3.05, 3.63) is 0 Å². The van der Waals surface area contributed by atoms with Gasteiger partial charge in [-0.05, 0) is 52.4 Å². The fourth-order valence-electron chi connectivity index (χ4n) is 2.78. The van der Waals surface area contributed by atoms with Gasteiger partial charge >= 0.3 is 5.97 Å². The summed E-state index contributed by atoms with van der Waals surface area (Å²) in [7, 11) is 0. The molecule has 106 valence electrons. The Balaban J connectivity index is 2.66. The van der Waals surface area contributed by atoms with Crippen molar-refractivity contribution in [3.63, 3.8) is 0 Å². The van der Waals surface area contributed by atoms with Gasteiger partial charge in [-0.15, -0.1) is 0 Å². The SMILES string of the molecule is CCC(C)(CC)C(=O)OC(C)(C)C1CCCCC1. The van der Waals surface area contributed by atoms with E-state index in [0.717, 1.165) is 12.8 Å². The van der Waals surface area contributed by atoms with Crippen LogP contribution in [0.25, 0.3) is 0 Å². The summed E-state index contributed by atoms with van der Waals surface area (Å²) in [5.74, 6) is 0.524. The monoisotopic (exact) mass is 254 g/mol. The molecule has 2 nitrogen and oxygen atoms in total. The largest absolute Gasteiger partial charge is 0.459 e. The number of hydrogen-bond acceptors (Lipinski definition) is 2. The number of carbonyl (C=O) groups excluding carboxylic acids is 1. The summed E-state index contributed by atoms with van der Waals surface area (Å²) in [5.41, 5.74) is -0.616. The zero-order valence-electron chi connectivity index (χ0n) is 12.8. The van der Waals surface area contributed by atoms with Crippen molar-refractivity contribution in [1.82, 2.24) is 0 Å². The number of esters is 1. The summed E-state index contributed by atoms with van der Waals surface area (Å²) in [6.07, 6.45) is 8.01. The molecule has 0 amide bonds. The van der Waals surface area contributed by atoms with Gasteiger partial charge in [-0.3, -0.25) is 4.79 Å². The Morgan fingerprint density at radius 1 is 1.06 bits per heavy atom. The quantitative estimate of drug-likeness (QED) is 0.664. The first-order chi connectivity index (χ1) is 8.35. The predicted molar refractivity (Wildman–Crippen MR) is 75.4 cm³/mol. The lowest BCUT2D eigenvalue weighted by atomic mass is 9.78. The van der Waals surface area contributed by atoms with Crippen LogP contribution in [0.2, 0.25) is 0 Å². The molecule has 0 atom stereocenters. The summed E-state index contributed by atoms with van der Waals surface area (Å²) >= 11 is 0. The third kappa shape index (κ3) is 3.49. The molecule has 0 saturated heterocycles. The molecule has 0 aromatic heterocycles. The minimum atomic E-state index is -0.314. The van der Waals surface area contributed by atoms with Crippen molar-refractivity contribution < 1.29 is 9.53 Å². The van der Waals surface area contributed by atoms with Crippen molar-refractivity contribution in [3.8, 4) is 0 Å². The molecule has 0 radical (unpaired) electrons. The van der Waals surface area contributed by atoms with Crippen LogP contribution in [0, 0.1) is 11.3 Å². The van der Waals surface area contributed by atoms with E-state index in [1.807, 2.05) is 6.92 Å². The van der Waals surface area contributed by atoms with Crippen molar-refractivity contribution in [1.29, 1.82) is 0 Å². The average molecular weight is 254 g/mol. The van der Waals surface area contributed by atoms with Crippen LogP contribution in [-0.2, 0) is 9.53 Å². The zero-order valence-corrected chi connectivity index (χ0v) is 12.8. The van der Waals surface area contributed by atoms with E-state index in [0.29, 0.717) is 5.92 Å². The Kier molecular flexibility index (Phi) is 5.24. The smallest absolute Gasteiger partial charge is 0.312 e. The minimum absolute atomic E-state index is 0.0110. The first-order valence-electron chi connectivity index (χ1n) is 7.59. The second-order valence-electron chi connectivity index (χ2n) is 6.60. The third-order valence-corrected chi connectivity index (χ3v) is 5.00. The van der Waals surface area contributed by atoms with Gasteiger partial charge in [0.15, 0.2) is 0 Å². The first-order valence-corrected chi connectivity index (χ1v) is 7.59. The predicted octanol–water partition coefficient (Wildman–Crippen LogP) is 4.71. The topological polar surface area (TPSA) is 26.3 Å². The number of carbonyl (C=O) groups is 1. The Hall–Kier alpha value is -0.530. The van der Waals surface area contributed by atoms with E-state index in [1.54, 1.807) is 0 Å². The highest BCUT2D eigenvalue weighted by molar-refractivity contribution is 5.76. The van der Waals surface area contributed by atoms with Crippen LogP contribution in [0.1, 0.15) is 79.6 Å². The van der Waals surface area contributed by atoms with E-state index in [1.165, 1.54) is 32.1 Å². The molecule has 1 aliphatic carbocycles.